The molecule has 1 fully saturated rings. The van der Waals surface area contributed by atoms with Crippen molar-refractivity contribution in [2.75, 3.05) is 104 Å². The van der Waals surface area contributed by atoms with Crippen molar-refractivity contribution < 1.29 is 73.8 Å². The largest absolute Gasteiger partial charge is 1.00 e. The highest BCUT2D eigenvalue weighted by Gasteiger charge is 2.36. The van der Waals surface area contributed by atoms with Crippen LogP contribution >= 0.6 is 0 Å². The zero-order valence-corrected chi connectivity index (χ0v) is 35.9. The molecule has 50 heavy (non-hydrogen) atoms. The van der Waals surface area contributed by atoms with Crippen LogP contribution in [0, 0.1) is 0 Å². The first kappa shape index (κ1) is 42.6. The highest BCUT2D eigenvalue weighted by Crippen LogP contribution is 2.31. The van der Waals surface area contributed by atoms with E-state index in [0.29, 0.717) is 22.9 Å². The summed E-state index contributed by atoms with van der Waals surface area (Å²) in [5.41, 5.74) is 1.97. The smallest absolute Gasteiger partial charge is 0.241 e. The van der Waals surface area contributed by atoms with Crippen LogP contribution in [0.3, 0.4) is 0 Å². The number of likely N-dealkylation sites (N-methyl/N-ethyl adjacent to an activating group) is 2. The number of nitrogens with zero attached hydrogens (tertiary/aromatic N) is 4. The van der Waals surface area contributed by atoms with Crippen LogP contribution < -0.4 is 67.2 Å². The maximum absolute atomic E-state index is 13.3. The Morgan fingerprint density at radius 1 is 0.540 bits per heavy atom. The van der Waals surface area contributed by atoms with E-state index in [4.69, 9.17) is 0 Å². The van der Waals surface area contributed by atoms with E-state index < -0.39 is 20.0 Å². The molecule has 1 heterocycles. The first-order valence-electron chi connectivity index (χ1n) is 16.7. The molecule has 0 radical (unpaired) electrons. The van der Waals surface area contributed by atoms with Crippen LogP contribution in [-0.2, 0) is 20.0 Å². The van der Waals surface area contributed by atoms with Gasteiger partial charge in [0.25, 0.3) is 0 Å². The Kier molecular flexibility index (Phi) is 14.8. The maximum Gasteiger partial charge on any atom is 0.241 e. The second-order valence-corrected chi connectivity index (χ2v) is 17.6. The van der Waals surface area contributed by atoms with Crippen LogP contribution in [0.15, 0.2) is 82.6 Å². The normalized spacial score (nSPS) is 19.5. The minimum atomic E-state index is -3.66. The summed E-state index contributed by atoms with van der Waals surface area (Å²) in [6.07, 6.45) is 1.50. The first-order valence-corrected chi connectivity index (χ1v) is 19.7. The molecule has 276 valence electrons. The van der Waals surface area contributed by atoms with Crippen LogP contribution in [0.1, 0.15) is 12.8 Å². The third-order valence-corrected chi connectivity index (χ3v) is 13.0. The summed E-state index contributed by atoms with van der Waals surface area (Å²) in [6.45, 7) is 6.54. The van der Waals surface area contributed by atoms with Crippen molar-refractivity contribution in [1.82, 2.24) is 9.44 Å². The summed E-state index contributed by atoms with van der Waals surface area (Å²) in [5.74, 6) is 0. The Morgan fingerprint density at radius 2 is 0.860 bits per heavy atom. The summed E-state index contributed by atoms with van der Waals surface area (Å²) in [4.78, 5) is 4.61. The molecule has 5 rings (SSSR count). The molecule has 0 spiro atoms. The molecule has 4 aromatic carbocycles. The quantitative estimate of drug-likeness (QED) is 0.0871. The van der Waals surface area contributed by atoms with Gasteiger partial charge in [-0.15, -0.1) is 0 Å². The third kappa shape index (κ3) is 9.79. The standard InChI is InChI=1S/C36H52N6O4S2.2HI/c1-39(2)33-17-7-15-31-29(33)13-9-19-35(31)47(43,44)37-21-11-23-41(5)25-27-42(6,28-26-41)24-12-22-38-48(45,46)36-20-10-14-30-32(36)16-8-18-34(30)40(3)4;;/h7-10,13-20,37-38H,11-12,21-28H2,1-6H3;2*1H/q+2;;/p-2. The fraction of sp³-hybridized carbons (Fsp3) is 0.444. The molecular formula is C36H52I2N6O4S2. The molecule has 10 nitrogen and oxygen atoms in total. The Hall–Kier alpha value is -1.80. The molecule has 14 heteroatoms. The molecule has 0 saturated carbocycles. The number of quaternary nitrogens is 2. The molecule has 0 aromatic heterocycles. The maximum atomic E-state index is 13.3. The van der Waals surface area contributed by atoms with Crippen molar-refractivity contribution in [3.05, 3.63) is 72.8 Å². The number of anilines is 2. The van der Waals surface area contributed by atoms with Crippen LogP contribution in [0.4, 0.5) is 11.4 Å². The van der Waals surface area contributed by atoms with Crippen LogP contribution in [0.2, 0.25) is 0 Å². The van der Waals surface area contributed by atoms with Gasteiger partial charge in [0, 0.05) is 87.0 Å². The number of fused-ring (bicyclic) bond motifs is 2. The fourth-order valence-electron chi connectivity index (χ4n) is 6.90. The van der Waals surface area contributed by atoms with Gasteiger partial charge in [0.1, 0.15) is 26.2 Å². The van der Waals surface area contributed by atoms with Crippen LogP contribution in [-0.4, -0.2) is 120 Å². The van der Waals surface area contributed by atoms with E-state index in [1.54, 1.807) is 24.3 Å². The predicted octanol–water partition coefficient (Wildman–Crippen LogP) is -1.92. The average Bonchev–Trinajstić information content (AvgIpc) is 3.05. The summed E-state index contributed by atoms with van der Waals surface area (Å²) < 4.78 is 60.8. The lowest BCUT2D eigenvalue weighted by Crippen LogP contribution is -3.00. The van der Waals surface area contributed by atoms with Crippen molar-refractivity contribution in [1.29, 1.82) is 0 Å². The van der Waals surface area contributed by atoms with E-state index in [-0.39, 0.29) is 48.0 Å². The van der Waals surface area contributed by atoms with Crippen molar-refractivity contribution in [2.24, 2.45) is 0 Å². The summed E-state index contributed by atoms with van der Waals surface area (Å²) >= 11 is 0. The van der Waals surface area contributed by atoms with Gasteiger partial charge in [-0.05, 0) is 24.3 Å². The molecular weight excluding hydrogens is 898 g/mol. The number of halogens is 2. The molecule has 0 unspecified atom stereocenters. The molecule has 2 N–H and O–H groups in total. The molecule has 0 amide bonds. The zero-order valence-electron chi connectivity index (χ0n) is 30.0. The third-order valence-electron chi connectivity index (χ3n) is 9.95. The highest BCUT2D eigenvalue weighted by molar-refractivity contribution is 7.90. The van der Waals surface area contributed by atoms with Gasteiger partial charge in [-0.2, -0.15) is 0 Å². The molecule has 1 saturated heterocycles. The summed E-state index contributed by atoms with van der Waals surface area (Å²) in [7, 11) is 5.02. The second kappa shape index (κ2) is 17.4. The number of benzene rings is 4. The minimum absolute atomic E-state index is 0. The SMILES string of the molecule is CN(C)c1cccc2c(S(=O)(=O)NCCC[N+]3(C)CC[N+](C)(CCCNS(=O)(=O)c4cccc5c(N(C)C)cccc45)CC3)cccc12.[I-].[I-]. The lowest BCUT2D eigenvalue weighted by molar-refractivity contribution is -1.02. The van der Waals surface area contributed by atoms with Crippen molar-refractivity contribution in [3.8, 4) is 0 Å². The zero-order chi connectivity index (χ0) is 34.7. The number of rotatable bonds is 14. The number of hydrogen-bond donors (Lipinski definition) is 2. The Balaban J connectivity index is 0.00000338. The molecule has 1 aliphatic heterocycles. The second-order valence-electron chi connectivity index (χ2n) is 14.1. The van der Waals surface area contributed by atoms with Gasteiger partial charge in [0.05, 0.1) is 37.0 Å². The van der Waals surface area contributed by atoms with Gasteiger partial charge in [0.2, 0.25) is 20.0 Å². The number of hydrogen-bond acceptors (Lipinski definition) is 6. The number of piperazine rings is 1. The Labute approximate surface area is 333 Å². The van der Waals surface area contributed by atoms with E-state index in [1.165, 1.54) is 0 Å². The summed E-state index contributed by atoms with van der Waals surface area (Å²) in [5, 5.41) is 3.28. The Morgan fingerprint density at radius 3 is 1.20 bits per heavy atom. The lowest BCUT2D eigenvalue weighted by atomic mass is 10.1. The lowest BCUT2D eigenvalue weighted by Gasteiger charge is -2.46. The Bertz CT molecular complexity index is 1840. The topological polar surface area (TPSA) is 98.8 Å². The molecule has 1 aliphatic rings. The monoisotopic (exact) mass is 950 g/mol. The van der Waals surface area contributed by atoms with E-state index >= 15 is 0 Å². The molecule has 0 bridgehead atoms. The predicted molar refractivity (Wildman–Crippen MR) is 198 cm³/mol. The van der Waals surface area contributed by atoms with Crippen molar-refractivity contribution in [3.63, 3.8) is 0 Å². The summed E-state index contributed by atoms with van der Waals surface area (Å²) in [6, 6.07) is 22.4. The first-order chi connectivity index (χ1) is 22.6. The fourth-order valence-corrected chi connectivity index (χ4v) is 9.49. The number of sulfonamides is 2. The van der Waals surface area contributed by atoms with Gasteiger partial charge in [-0.3, -0.25) is 0 Å². The van der Waals surface area contributed by atoms with Gasteiger partial charge in [0.15, 0.2) is 0 Å². The van der Waals surface area contributed by atoms with E-state index in [0.717, 1.165) is 94.0 Å². The van der Waals surface area contributed by atoms with Crippen LogP contribution in [0.25, 0.3) is 21.5 Å². The van der Waals surface area contributed by atoms with Gasteiger partial charge < -0.3 is 66.7 Å². The average molecular weight is 951 g/mol. The van der Waals surface area contributed by atoms with E-state index in [2.05, 4.69) is 23.5 Å². The van der Waals surface area contributed by atoms with Crippen molar-refractivity contribution >= 4 is 53.0 Å². The van der Waals surface area contributed by atoms with Gasteiger partial charge in [-0.1, -0.05) is 48.5 Å². The van der Waals surface area contributed by atoms with E-state index in [1.807, 2.05) is 86.5 Å². The number of nitrogens with one attached hydrogen (secondary N) is 2. The molecule has 0 aliphatic carbocycles. The van der Waals surface area contributed by atoms with Gasteiger partial charge in [-0.25, -0.2) is 26.3 Å². The highest BCUT2D eigenvalue weighted by atomic mass is 127. The van der Waals surface area contributed by atoms with Gasteiger partial charge >= 0.3 is 0 Å². The molecule has 0 atom stereocenters. The molecule has 4 aromatic rings. The van der Waals surface area contributed by atoms with Crippen molar-refractivity contribution in [2.45, 2.75) is 22.6 Å². The van der Waals surface area contributed by atoms with Crippen LogP contribution in [0.5, 0.6) is 0 Å². The van der Waals surface area contributed by atoms with E-state index in [9.17, 15) is 16.8 Å². The minimum Gasteiger partial charge on any atom is -1.00 e.